The molecule has 1 aromatic carbocycles. The van der Waals surface area contributed by atoms with Crippen molar-refractivity contribution in [2.75, 3.05) is 0 Å². The number of rotatable bonds is 5. The van der Waals surface area contributed by atoms with Crippen LogP contribution in [-0.2, 0) is 6.54 Å². The highest BCUT2D eigenvalue weighted by Crippen LogP contribution is 2.26. The van der Waals surface area contributed by atoms with Crippen molar-refractivity contribution in [2.45, 2.75) is 52.5 Å². The Kier molecular flexibility index (Phi) is 4.51. The van der Waals surface area contributed by atoms with Gasteiger partial charge >= 0.3 is 0 Å². The van der Waals surface area contributed by atoms with Crippen LogP contribution < -0.4 is 0 Å². The molecule has 1 aromatic heterocycles. The van der Waals surface area contributed by atoms with Gasteiger partial charge in [-0.25, -0.2) is 4.98 Å². The number of aryl methyl sites for hydroxylation is 2. The number of alkyl halides is 1. The number of aromatic nitrogens is 2. The van der Waals surface area contributed by atoms with Crippen molar-refractivity contribution < 1.29 is 0 Å². The van der Waals surface area contributed by atoms with E-state index in [0.717, 1.165) is 23.8 Å². The molecule has 0 saturated heterocycles. The quantitative estimate of drug-likeness (QED) is 0.697. The molecular weight excluding hydrogens is 256 g/mol. The first kappa shape index (κ1) is 14.4. The highest BCUT2D eigenvalue weighted by Gasteiger charge is 2.14. The van der Waals surface area contributed by atoms with E-state index in [-0.39, 0.29) is 5.38 Å². The van der Waals surface area contributed by atoms with E-state index >= 15 is 0 Å². The van der Waals surface area contributed by atoms with Crippen LogP contribution in [0.15, 0.2) is 18.2 Å². The highest BCUT2D eigenvalue weighted by molar-refractivity contribution is 6.20. The predicted molar refractivity (Wildman–Crippen MR) is 82.8 cm³/mol. The zero-order valence-electron chi connectivity index (χ0n) is 12.3. The summed E-state index contributed by atoms with van der Waals surface area (Å²) in [5.74, 6) is 1.74. The number of hydrogen-bond donors (Lipinski definition) is 0. The molecule has 0 aliphatic carbocycles. The Balaban J connectivity index is 2.35. The van der Waals surface area contributed by atoms with Gasteiger partial charge in [0.1, 0.15) is 5.82 Å². The second-order valence-corrected chi connectivity index (χ2v) is 6.42. The maximum atomic E-state index is 6.28. The lowest BCUT2D eigenvalue weighted by atomic mass is 10.1. The van der Waals surface area contributed by atoms with Gasteiger partial charge in [-0.15, -0.1) is 11.6 Å². The van der Waals surface area contributed by atoms with Crippen LogP contribution in [0.2, 0.25) is 0 Å². The Morgan fingerprint density at radius 1 is 1.26 bits per heavy atom. The van der Waals surface area contributed by atoms with Crippen molar-refractivity contribution in [3.63, 3.8) is 0 Å². The summed E-state index contributed by atoms with van der Waals surface area (Å²) in [4.78, 5) is 4.70. The average molecular weight is 279 g/mol. The summed E-state index contributed by atoms with van der Waals surface area (Å²) in [5, 5.41) is -0.0493. The molecular formula is C16H23ClN2. The van der Waals surface area contributed by atoms with E-state index in [0.29, 0.717) is 0 Å². The van der Waals surface area contributed by atoms with Crippen LogP contribution in [0.4, 0.5) is 0 Å². The first-order valence-electron chi connectivity index (χ1n) is 7.10. The van der Waals surface area contributed by atoms with Gasteiger partial charge in [0, 0.05) is 6.54 Å². The molecule has 0 amide bonds. The summed E-state index contributed by atoms with van der Waals surface area (Å²) in [7, 11) is 0. The second-order valence-electron chi connectivity index (χ2n) is 5.77. The minimum absolute atomic E-state index is 0.0493. The third kappa shape index (κ3) is 3.30. The van der Waals surface area contributed by atoms with E-state index in [1.807, 2.05) is 6.92 Å². The molecule has 2 nitrogen and oxygen atoms in total. The van der Waals surface area contributed by atoms with E-state index in [2.05, 4.69) is 43.5 Å². The summed E-state index contributed by atoms with van der Waals surface area (Å²) in [5.41, 5.74) is 3.51. The molecule has 1 heterocycles. The van der Waals surface area contributed by atoms with Crippen molar-refractivity contribution in [3.8, 4) is 0 Å². The molecule has 104 valence electrons. The minimum atomic E-state index is -0.0493. The molecule has 0 N–H and O–H groups in total. The molecule has 2 aromatic rings. The van der Waals surface area contributed by atoms with Crippen molar-refractivity contribution in [3.05, 3.63) is 29.6 Å². The predicted octanol–water partition coefficient (Wildman–Crippen LogP) is 5.08. The summed E-state index contributed by atoms with van der Waals surface area (Å²) in [6.07, 6.45) is 2.41. The number of imidazole rings is 1. The van der Waals surface area contributed by atoms with Crippen molar-refractivity contribution in [1.29, 1.82) is 0 Å². The van der Waals surface area contributed by atoms with Gasteiger partial charge < -0.3 is 4.57 Å². The fourth-order valence-electron chi connectivity index (χ4n) is 2.45. The molecule has 2 rings (SSSR count). The van der Waals surface area contributed by atoms with Gasteiger partial charge in [0.2, 0.25) is 0 Å². The van der Waals surface area contributed by atoms with Gasteiger partial charge in [-0.05, 0) is 50.3 Å². The first-order valence-corrected chi connectivity index (χ1v) is 7.53. The molecule has 0 spiro atoms. The van der Waals surface area contributed by atoms with E-state index in [1.54, 1.807) is 0 Å². The van der Waals surface area contributed by atoms with Crippen LogP contribution in [0.3, 0.4) is 0 Å². The Morgan fingerprint density at radius 2 is 2.00 bits per heavy atom. The number of benzene rings is 1. The van der Waals surface area contributed by atoms with E-state index in [1.165, 1.54) is 23.9 Å². The monoisotopic (exact) mass is 278 g/mol. The van der Waals surface area contributed by atoms with Crippen LogP contribution in [0.25, 0.3) is 11.0 Å². The summed E-state index contributed by atoms with van der Waals surface area (Å²) in [6.45, 7) is 9.63. The number of fused-ring (bicyclic) bond motifs is 1. The average Bonchev–Trinajstić information content (AvgIpc) is 2.67. The fourth-order valence-corrected chi connectivity index (χ4v) is 2.62. The lowest BCUT2D eigenvalue weighted by molar-refractivity contribution is 0.509. The maximum absolute atomic E-state index is 6.28. The largest absolute Gasteiger partial charge is 0.327 e. The van der Waals surface area contributed by atoms with Crippen molar-refractivity contribution in [1.82, 2.24) is 9.55 Å². The smallest absolute Gasteiger partial charge is 0.127 e. The van der Waals surface area contributed by atoms with Gasteiger partial charge in [0.25, 0.3) is 0 Å². The molecule has 0 fully saturated rings. The van der Waals surface area contributed by atoms with E-state index in [4.69, 9.17) is 16.6 Å². The van der Waals surface area contributed by atoms with Crippen molar-refractivity contribution >= 4 is 22.6 Å². The van der Waals surface area contributed by atoms with Crippen LogP contribution in [0, 0.1) is 12.8 Å². The molecule has 0 aliphatic rings. The standard InChI is InChI=1S/C16H23ClN2/c1-11(2)6-5-9-19-15-8-7-12(3)10-14(15)18-16(19)13(4)17/h7-8,10-11,13H,5-6,9H2,1-4H3. The topological polar surface area (TPSA) is 17.8 Å². The SMILES string of the molecule is Cc1ccc2c(c1)nc(C(C)Cl)n2CCCC(C)C. The number of nitrogens with zero attached hydrogens (tertiary/aromatic N) is 2. The van der Waals surface area contributed by atoms with E-state index < -0.39 is 0 Å². The van der Waals surface area contributed by atoms with Gasteiger partial charge in [-0.2, -0.15) is 0 Å². The van der Waals surface area contributed by atoms with Gasteiger partial charge in [-0.1, -0.05) is 19.9 Å². The summed E-state index contributed by atoms with van der Waals surface area (Å²) < 4.78 is 2.29. The lowest BCUT2D eigenvalue weighted by Crippen LogP contribution is -2.05. The fraction of sp³-hybridized carbons (Fsp3) is 0.562. The molecule has 0 saturated carbocycles. The maximum Gasteiger partial charge on any atom is 0.127 e. The summed E-state index contributed by atoms with van der Waals surface area (Å²) >= 11 is 6.28. The summed E-state index contributed by atoms with van der Waals surface area (Å²) in [6, 6.07) is 6.44. The highest BCUT2D eigenvalue weighted by atomic mass is 35.5. The van der Waals surface area contributed by atoms with Crippen LogP contribution in [0.1, 0.15) is 50.4 Å². The normalized spacial score (nSPS) is 13.4. The molecule has 1 atom stereocenters. The second kappa shape index (κ2) is 5.96. The Bertz CT molecular complexity index is 555. The molecule has 0 radical (unpaired) electrons. The van der Waals surface area contributed by atoms with Crippen LogP contribution in [0.5, 0.6) is 0 Å². The minimum Gasteiger partial charge on any atom is -0.327 e. The zero-order chi connectivity index (χ0) is 14.0. The Morgan fingerprint density at radius 3 is 2.63 bits per heavy atom. The Hall–Kier alpha value is -1.02. The zero-order valence-corrected chi connectivity index (χ0v) is 13.0. The number of halogens is 1. The first-order chi connectivity index (χ1) is 8.99. The molecule has 0 bridgehead atoms. The lowest BCUT2D eigenvalue weighted by Gasteiger charge is -2.11. The van der Waals surface area contributed by atoms with Gasteiger partial charge in [-0.3, -0.25) is 0 Å². The van der Waals surface area contributed by atoms with Crippen molar-refractivity contribution in [2.24, 2.45) is 5.92 Å². The third-order valence-electron chi connectivity index (χ3n) is 3.45. The van der Waals surface area contributed by atoms with Gasteiger partial charge in [0.05, 0.1) is 16.4 Å². The molecule has 19 heavy (non-hydrogen) atoms. The van der Waals surface area contributed by atoms with Crippen LogP contribution >= 0.6 is 11.6 Å². The molecule has 1 unspecified atom stereocenters. The van der Waals surface area contributed by atoms with Gasteiger partial charge in [0.15, 0.2) is 0 Å². The molecule has 0 aliphatic heterocycles. The van der Waals surface area contributed by atoms with E-state index in [9.17, 15) is 0 Å². The third-order valence-corrected chi connectivity index (χ3v) is 3.65. The van der Waals surface area contributed by atoms with Crippen LogP contribution in [-0.4, -0.2) is 9.55 Å². The number of hydrogen-bond acceptors (Lipinski definition) is 1. The Labute approximate surface area is 120 Å². The molecule has 3 heteroatoms.